The van der Waals surface area contributed by atoms with Crippen molar-refractivity contribution in [1.82, 2.24) is 0 Å². The minimum Gasteiger partial charge on any atom is -0.494 e. The summed E-state index contributed by atoms with van der Waals surface area (Å²) in [4.78, 5) is 10.3. The fourth-order valence-corrected chi connectivity index (χ4v) is 1.35. The minimum absolute atomic E-state index is 0.130. The number of halogens is 2. The van der Waals surface area contributed by atoms with Crippen molar-refractivity contribution < 1.29 is 18.3 Å². The van der Waals surface area contributed by atoms with Gasteiger partial charge in [0.1, 0.15) is 12.1 Å². The van der Waals surface area contributed by atoms with Gasteiger partial charge in [-0.1, -0.05) is 6.92 Å². The molecule has 0 radical (unpaired) electrons. The molecule has 82 valence electrons. The Bertz CT molecular complexity index is 364. The van der Waals surface area contributed by atoms with E-state index in [1.165, 1.54) is 7.11 Å². The Labute approximate surface area is 86.9 Å². The molecule has 0 saturated heterocycles. The lowest BCUT2D eigenvalue weighted by Gasteiger charge is -2.11. The van der Waals surface area contributed by atoms with Crippen molar-refractivity contribution in [1.29, 1.82) is 0 Å². The van der Waals surface area contributed by atoms with E-state index in [2.05, 4.69) is 4.74 Å². The van der Waals surface area contributed by atoms with Crippen molar-refractivity contribution in [3.8, 4) is 5.75 Å². The van der Waals surface area contributed by atoms with Crippen LogP contribution in [0.15, 0.2) is 12.1 Å². The number of ether oxygens (including phenoxy) is 1. The van der Waals surface area contributed by atoms with Gasteiger partial charge in [-0.05, 0) is 17.5 Å². The van der Waals surface area contributed by atoms with Crippen LogP contribution in [0.3, 0.4) is 0 Å². The SMILES string of the molecule is COc1cc(F)c(C(C)CC=O)cc1F. The molecule has 0 aliphatic carbocycles. The number of carbonyl (C=O) groups is 1. The van der Waals surface area contributed by atoms with E-state index in [4.69, 9.17) is 0 Å². The first-order chi connectivity index (χ1) is 7.10. The first-order valence-corrected chi connectivity index (χ1v) is 4.56. The molecule has 15 heavy (non-hydrogen) atoms. The van der Waals surface area contributed by atoms with Crippen LogP contribution in [0.5, 0.6) is 5.75 Å². The van der Waals surface area contributed by atoms with Gasteiger partial charge < -0.3 is 9.53 Å². The van der Waals surface area contributed by atoms with Crippen LogP contribution in [0.2, 0.25) is 0 Å². The molecular weight excluding hydrogens is 202 g/mol. The van der Waals surface area contributed by atoms with Crippen LogP contribution in [-0.4, -0.2) is 13.4 Å². The average Bonchev–Trinajstić information content (AvgIpc) is 2.21. The molecule has 0 aromatic heterocycles. The maximum absolute atomic E-state index is 13.4. The van der Waals surface area contributed by atoms with Gasteiger partial charge in [0.2, 0.25) is 0 Å². The fourth-order valence-electron chi connectivity index (χ4n) is 1.35. The molecule has 2 nitrogen and oxygen atoms in total. The van der Waals surface area contributed by atoms with E-state index in [1.54, 1.807) is 6.92 Å². The Morgan fingerprint density at radius 1 is 1.40 bits per heavy atom. The highest BCUT2D eigenvalue weighted by molar-refractivity contribution is 5.51. The normalized spacial score (nSPS) is 12.3. The summed E-state index contributed by atoms with van der Waals surface area (Å²) >= 11 is 0. The zero-order valence-corrected chi connectivity index (χ0v) is 8.59. The van der Waals surface area contributed by atoms with Gasteiger partial charge in [0.15, 0.2) is 11.6 Å². The Morgan fingerprint density at radius 2 is 2.07 bits per heavy atom. The second-order valence-corrected chi connectivity index (χ2v) is 3.31. The molecule has 0 aliphatic heterocycles. The van der Waals surface area contributed by atoms with Gasteiger partial charge >= 0.3 is 0 Å². The summed E-state index contributed by atoms with van der Waals surface area (Å²) in [5.41, 5.74) is 0.195. The van der Waals surface area contributed by atoms with Crippen molar-refractivity contribution in [2.75, 3.05) is 7.11 Å². The molecule has 0 amide bonds. The third kappa shape index (κ3) is 2.52. The summed E-state index contributed by atoms with van der Waals surface area (Å²) in [5.74, 6) is -1.63. The molecular formula is C11H12F2O2. The lowest BCUT2D eigenvalue weighted by molar-refractivity contribution is -0.108. The average molecular weight is 214 g/mol. The largest absolute Gasteiger partial charge is 0.494 e. The highest BCUT2D eigenvalue weighted by atomic mass is 19.1. The monoisotopic (exact) mass is 214 g/mol. The van der Waals surface area contributed by atoms with Gasteiger partial charge in [0.05, 0.1) is 7.11 Å². The lowest BCUT2D eigenvalue weighted by atomic mass is 9.97. The summed E-state index contributed by atoms with van der Waals surface area (Å²) in [7, 11) is 1.27. The summed E-state index contributed by atoms with van der Waals surface area (Å²) in [5, 5.41) is 0. The Morgan fingerprint density at radius 3 is 2.60 bits per heavy atom. The molecule has 0 fully saturated rings. The predicted molar refractivity (Wildman–Crippen MR) is 52.0 cm³/mol. The molecule has 0 heterocycles. The number of aldehydes is 1. The molecule has 1 rings (SSSR count). The first-order valence-electron chi connectivity index (χ1n) is 4.56. The Hall–Kier alpha value is -1.45. The second kappa shape index (κ2) is 4.87. The Balaban J connectivity index is 3.09. The zero-order valence-electron chi connectivity index (χ0n) is 8.59. The number of methoxy groups -OCH3 is 1. The van der Waals surface area contributed by atoms with Crippen molar-refractivity contribution in [3.63, 3.8) is 0 Å². The van der Waals surface area contributed by atoms with Crippen LogP contribution in [0, 0.1) is 11.6 Å². The fraction of sp³-hybridized carbons (Fsp3) is 0.364. The van der Waals surface area contributed by atoms with Crippen molar-refractivity contribution in [2.45, 2.75) is 19.3 Å². The summed E-state index contributed by atoms with van der Waals surface area (Å²) in [6.45, 7) is 1.67. The highest BCUT2D eigenvalue weighted by Crippen LogP contribution is 2.27. The van der Waals surface area contributed by atoms with Gasteiger partial charge in [-0.25, -0.2) is 8.78 Å². The van der Waals surface area contributed by atoms with E-state index in [-0.39, 0.29) is 23.7 Å². The quantitative estimate of drug-likeness (QED) is 0.720. The van der Waals surface area contributed by atoms with Crippen molar-refractivity contribution in [2.24, 2.45) is 0 Å². The van der Waals surface area contributed by atoms with E-state index in [1.807, 2.05) is 0 Å². The zero-order chi connectivity index (χ0) is 11.4. The van der Waals surface area contributed by atoms with Crippen molar-refractivity contribution >= 4 is 6.29 Å². The number of rotatable bonds is 4. The molecule has 1 unspecified atom stereocenters. The number of hydrogen-bond donors (Lipinski definition) is 0. The molecule has 0 spiro atoms. The van der Waals surface area contributed by atoms with Gasteiger partial charge in [-0.2, -0.15) is 0 Å². The lowest BCUT2D eigenvalue weighted by Crippen LogP contribution is -2.01. The van der Waals surface area contributed by atoms with Crippen LogP contribution < -0.4 is 4.74 Å². The third-order valence-corrected chi connectivity index (χ3v) is 2.25. The van der Waals surface area contributed by atoms with Crippen LogP contribution in [0.1, 0.15) is 24.8 Å². The number of carbonyl (C=O) groups excluding carboxylic acids is 1. The maximum Gasteiger partial charge on any atom is 0.165 e. The van der Waals surface area contributed by atoms with Gasteiger partial charge in [-0.3, -0.25) is 0 Å². The Kier molecular flexibility index (Phi) is 3.77. The topological polar surface area (TPSA) is 26.3 Å². The van der Waals surface area contributed by atoms with E-state index in [0.29, 0.717) is 6.29 Å². The molecule has 0 bridgehead atoms. The third-order valence-electron chi connectivity index (χ3n) is 2.25. The van der Waals surface area contributed by atoms with Gasteiger partial charge in [0, 0.05) is 12.5 Å². The van der Waals surface area contributed by atoms with Crippen LogP contribution in [-0.2, 0) is 4.79 Å². The first kappa shape index (κ1) is 11.6. The van der Waals surface area contributed by atoms with E-state index < -0.39 is 11.6 Å². The number of hydrogen-bond acceptors (Lipinski definition) is 2. The molecule has 0 saturated carbocycles. The van der Waals surface area contributed by atoms with Gasteiger partial charge in [0.25, 0.3) is 0 Å². The van der Waals surface area contributed by atoms with E-state index in [0.717, 1.165) is 12.1 Å². The maximum atomic E-state index is 13.4. The molecule has 0 N–H and O–H groups in total. The molecule has 0 aliphatic rings. The summed E-state index contributed by atoms with van der Waals surface area (Å²) in [6.07, 6.45) is 0.856. The predicted octanol–water partition coefficient (Wildman–Crippen LogP) is 2.67. The van der Waals surface area contributed by atoms with Gasteiger partial charge in [-0.15, -0.1) is 0 Å². The molecule has 1 aromatic carbocycles. The van der Waals surface area contributed by atoms with Crippen LogP contribution in [0.4, 0.5) is 8.78 Å². The molecule has 1 atom stereocenters. The molecule has 1 aromatic rings. The summed E-state index contributed by atoms with van der Waals surface area (Å²) in [6, 6.07) is 2.06. The van der Waals surface area contributed by atoms with Crippen molar-refractivity contribution in [3.05, 3.63) is 29.3 Å². The van der Waals surface area contributed by atoms with E-state index >= 15 is 0 Å². The smallest absolute Gasteiger partial charge is 0.165 e. The van der Waals surface area contributed by atoms with E-state index in [9.17, 15) is 13.6 Å². The van der Waals surface area contributed by atoms with Crippen LogP contribution >= 0.6 is 0 Å². The number of benzene rings is 1. The second-order valence-electron chi connectivity index (χ2n) is 3.31. The highest BCUT2D eigenvalue weighted by Gasteiger charge is 2.15. The van der Waals surface area contributed by atoms with Crippen LogP contribution in [0.25, 0.3) is 0 Å². The molecule has 4 heteroatoms. The minimum atomic E-state index is -0.619. The standard InChI is InChI=1S/C11H12F2O2/c1-7(3-4-14)8-5-10(13)11(15-2)6-9(8)12/h4-7H,3H2,1-2H3. The summed E-state index contributed by atoms with van der Waals surface area (Å²) < 4.78 is 31.3.